The first-order chi connectivity index (χ1) is 22.3. The number of rotatable bonds is 20. The van der Waals surface area contributed by atoms with Crippen LogP contribution < -0.4 is 15.4 Å². The Kier molecular flexibility index (Phi) is 15.3. The Labute approximate surface area is 272 Å². The van der Waals surface area contributed by atoms with Gasteiger partial charge in [0.05, 0.1) is 24.5 Å². The van der Waals surface area contributed by atoms with Crippen LogP contribution >= 0.6 is 0 Å². The Morgan fingerprint density at radius 2 is 1.37 bits per heavy atom. The molecule has 8 heteroatoms. The second-order valence-electron chi connectivity index (χ2n) is 11.4. The summed E-state index contributed by atoms with van der Waals surface area (Å²) in [5.41, 5.74) is 2.99. The molecule has 4 atom stereocenters. The van der Waals surface area contributed by atoms with Gasteiger partial charge in [-0.2, -0.15) is 0 Å². The number of aliphatic hydroxyl groups is 1. The molecular weight excluding hydrogens is 580 g/mol. The number of hydrogen-bond donors (Lipinski definition) is 3. The van der Waals surface area contributed by atoms with Gasteiger partial charge in [0.25, 0.3) is 0 Å². The summed E-state index contributed by atoms with van der Waals surface area (Å²) in [6, 6.07) is 26.2. The SMILES string of the molecule is C=CC[C@H](CC(=O)N[C@H](C)CO)C(=O)N[C@H](COC(=O)[C@H](CC=C)Cc1ccccc1)Cc1ccc(OCc2ccccc2)cc1. The van der Waals surface area contributed by atoms with E-state index in [9.17, 15) is 19.5 Å². The third-order valence-corrected chi connectivity index (χ3v) is 7.47. The third kappa shape index (κ3) is 12.7. The van der Waals surface area contributed by atoms with Crippen LogP contribution in [0, 0.1) is 11.8 Å². The van der Waals surface area contributed by atoms with Crippen molar-refractivity contribution in [1.82, 2.24) is 10.6 Å². The van der Waals surface area contributed by atoms with E-state index in [0.717, 1.165) is 16.7 Å². The van der Waals surface area contributed by atoms with Crippen molar-refractivity contribution in [3.63, 3.8) is 0 Å². The van der Waals surface area contributed by atoms with Crippen LogP contribution in [0.5, 0.6) is 5.75 Å². The van der Waals surface area contributed by atoms with Crippen LogP contribution in [0.2, 0.25) is 0 Å². The molecule has 244 valence electrons. The number of amides is 2. The minimum absolute atomic E-state index is 0.0478. The highest BCUT2D eigenvalue weighted by atomic mass is 16.5. The van der Waals surface area contributed by atoms with Crippen molar-refractivity contribution in [1.29, 1.82) is 0 Å². The lowest BCUT2D eigenvalue weighted by molar-refractivity contribution is -0.149. The lowest BCUT2D eigenvalue weighted by Crippen LogP contribution is -2.45. The van der Waals surface area contributed by atoms with Crippen LogP contribution in [0.3, 0.4) is 0 Å². The number of carbonyl (C=O) groups is 3. The lowest BCUT2D eigenvalue weighted by Gasteiger charge is -2.24. The summed E-state index contributed by atoms with van der Waals surface area (Å²) in [6.07, 6.45) is 4.87. The number of carbonyl (C=O) groups excluding carboxylic acids is 3. The van der Waals surface area contributed by atoms with E-state index in [1.54, 1.807) is 19.1 Å². The van der Waals surface area contributed by atoms with Gasteiger partial charge in [0.1, 0.15) is 19.0 Å². The molecule has 3 aromatic carbocycles. The Morgan fingerprint density at radius 1 is 0.783 bits per heavy atom. The molecule has 0 bridgehead atoms. The minimum atomic E-state index is -0.679. The maximum Gasteiger partial charge on any atom is 0.309 e. The smallest absolute Gasteiger partial charge is 0.309 e. The van der Waals surface area contributed by atoms with Crippen molar-refractivity contribution >= 4 is 17.8 Å². The van der Waals surface area contributed by atoms with E-state index in [1.807, 2.05) is 84.9 Å². The fraction of sp³-hybridized carbons (Fsp3) is 0.342. The Balaban J connectivity index is 1.71. The molecule has 3 rings (SSSR count). The van der Waals surface area contributed by atoms with Crippen LogP contribution in [-0.4, -0.2) is 48.2 Å². The number of nitrogens with one attached hydrogen (secondary N) is 2. The summed E-state index contributed by atoms with van der Waals surface area (Å²) < 4.78 is 11.7. The Morgan fingerprint density at radius 3 is 1.98 bits per heavy atom. The molecule has 0 aliphatic heterocycles. The monoisotopic (exact) mass is 626 g/mol. The molecule has 0 fully saturated rings. The highest BCUT2D eigenvalue weighted by molar-refractivity contribution is 5.86. The standard InChI is InChI=1S/C38H46N2O6/c1-4-12-32(24-36(42)39-28(3)25-41)37(43)40-34(27-46-38(44)33(13-5-2)22-29-14-8-6-9-15-29)23-30-18-20-35(21-19-30)45-26-31-16-10-7-11-17-31/h4-11,14-21,28,32-34,41H,1-2,12-13,22-27H2,3H3,(H,39,42)(H,40,43)/t28-,32-,33-,34+/m1/s1. The van der Waals surface area contributed by atoms with Gasteiger partial charge in [-0.15, -0.1) is 13.2 Å². The first kappa shape index (κ1) is 35.8. The normalized spacial score (nSPS) is 13.3. The van der Waals surface area contributed by atoms with E-state index in [-0.39, 0.29) is 43.8 Å². The van der Waals surface area contributed by atoms with E-state index >= 15 is 0 Å². The molecule has 0 aliphatic carbocycles. The number of esters is 1. The van der Waals surface area contributed by atoms with Gasteiger partial charge in [-0.25, -0.2) is 0 Å². The Bertz CT molecular complexity index is 1380. The molecule has 0 aromatic heterocycles. The van der Waals surface area contributed by atoms with Gasteiger partial charge in [-0.3, -0.25) is 14.4 Å². The van der Waals surface area contributed by atoms with Crippen molar-refractivity contribution in [3.05, 3.63) is 127 Å². The zero-order valence-corrected chi connectivity index (χ0v) is 26.6. The highest BCUT2D eigenvalue weighted by Gasteiger charge is 2.26. The highest BCUT2D eigenvalue weighted by Crippen LogP contribution is 2.18. The predicted octanol–water partition coefficient (Wildman–Crippen LogP) is 5.35. The minimum Gasteiger partial charge on any atom is -0.489 e. The van der Waals surface area contributed by atoms with Crippen molar-refractivity contribution < 1.29 is 29.0 Å². The number of aliphatic hydroxyl groups excluding tert-OH is 1. The number of ether oxygens (including phenoxy) is 2. The summed E-state index contributed by atoms with van der Waals surface area (Å²) in [5, 5.41) is 15.0. The third-order valence-electron chi connectivity index (χ3n) is 7.47. The van der Waals surface area contributed by atoms with Crippen LogP contribution in [-0.2, 0) is 38.6 Å². The van der Waals surface area contributed by atoms with Gasteiger partial charge in [0.15, 0.2) is 0 Å². The van der Waals surface area contributed by atoms with Gasteiger partial charge < -0.3 is 25.2 Å². The average Bonchev–Trinajstić information content (AvgIpc) is 3.07. The van der Waals surface area contributed by atoms with Crippen LogP contribution in [0.15, 0.2) is 110 Å². The van der Waals surface area contributed by atoms with Crippen molar-refractivity contribution in [2.24, 2.45) is 11.8 Å². The van der Waals surface area contributed by atoms with Gasteiger partial charge >= 0.3 is 5.97 Å². The van der Waals surface area contributed by atoms with Crippen LogP contribution in [0.4, 0.5) is 0 Å². The van der Waals surface area contributed by atoms with Gasteiger partial charge in [0.2, 0.25) is 11.8 Å². The molecule has 0 unspecified atom stereocenters. The zero-order valence-electron chi connectivity index (χ0n) is 26.6. The molecule has 0 radical (unpaired) electrons. The second kappa shape index (κ2) is 19.6. The number of benzene rings is 3. The second-order valence-corrected chi connectivity index (χ2v) is 11.4. The predicted molar refractivity (Wildman–Crippen MR) is 180 cm³/mol. The molecule has 3 aromatic rings. The number of hydrogen-bond acceptors (Lipinski definition) is 6. The molecular formula is C38H46N2O6. The van der Waals surface area contributed by atoms with E-state index in [1.165, 1.54) is 0 Å². The molecule has 46 heavy (non-hydrogen) atoms. The molecule has 0 saturated heterocycles. The molecule has 0 saturated carbocycles. The quantitative estimate of drug-likeness (QED) is 0.115. The summed E-state index contributed by atoms with van der Waals surface area (Å²) in [6.45, 7) is 9.43. The fourth-order valence-electron chi connectivity index (χ4n) is 4.97. The molecule has 0 aliphatic rings. The van der Waals surface area contributed by atoms with Gasteiger partial charge in [-0.1, -0.05) is 84.9 Å². The summed E-state index contributed by atoms with van der Waals surface area (Å²) in [4.78, 5) is 39.2. The molecule has 0 spiro atoms. The molecule has 2 amide bonds. The van der Waals surface area contributed by atoms with Crippen LogP contribution in [0.1, 0.15) is 42.9 Å². The van der Waals surface area contributed by atoms with Crippen LogP contribution in [0.25, 0.3) is 0 Å². The maximum absolute atomic E-state index is 13.5. The summed E-state index contributed by atoms with van der Waals surface area (Å²) >= 11 is 0. The van der Waals surface area contributed by atoms with Crippen molar-refractivity contribution in [2.45, 2.75) is 57.7 Å². The maximum atomic E-state index is 13.5. The van der Waals surface area contributed by atoms with E-state index in [4.69, 9.17) is 9.47 Å². The zero-order chi connectivity index (χ0) is 33.1. The molecule has 3 N–H and O–H groups in total. The van der Waals surface area contributed by atoms with Crippen molar-refractivity contribution in [2.75, 3.05) is 13.2 Å². The van der Waals surface area contributed by atoms with E-state index in [0.29, 0.717) is 31.6 Å². The van der Waals surface area contributed by atoms with E-state index < -0.39 is 23.9 Å². The largest absolute Gasteiger partial charge is 0.489 e. The topological polar surface area (TPSA) is 114 Å². The number of allylic oxidation sites excluding steroid dienone is 2. The lowest BCUT2D eigenvalue weighted by atomic mass is 9.96. The molecule has 8 nitrogen and oxygen atoms in total. The summed E-state index contributed by atoms with van der Waals surface area (Å²) in [5.74, 6) is -1.44. The molecule has 0 heterocycles. The van der Waals surface area contributed by atoms with E-state index in [2.05, 4.69) is 23.8 Å². The van der Waals surface area contributed by atoms with Crippen molar-refractivity contribution in [3.8, 4) is 5.75 Å². The fourth-order valence-corrected chi connectivity index (χ4v) is 4.97. The first-order valence-electron chi connectivity index (χ1n) is 15.7. The van der Waals surface area contributed by atoms with Gasteiger partial charge in [0, 0.05) is 12.5 Å². The summed E-state index contributed by atoms with van der Waals surface area (Å²) in [7, 11) is 0. The first-order valence-corrected chi connectivity index (χ1v) is 15.7. The average molecular weight is 627 g/mol. The Hall–Kier alpha value is -4.69. The van der Waals surface area contributed by atoms with Gasteiger partial charge in [-0.05, 0) is 61.4 Å².